The molecule has 17 heavy (non-hydrogen) atoms. The van der Waals surface area contributed by atoms with E-state index in [1.165, 1.54) is 5.56 Å². The molecule has 1 aromatic heterocycles. The van der Waals surface area contributed by atoms with Crippen LogP contribution < -0.4 is 5.73 Å². The van der Waals surface area contributed by atoms with E-state index in [2.05, 4.69) is 31.2 Å². The molecular formula is C15H19NO. The predicted octanol–water partition coefficient (Wildman–Crippen LogP) is 3.13. The first kappa shape index (κ1) is 11.9. The minimum Gasteiger partial charge on any atom is -0.469 e. The summed E-state index contributed by atoms with van der Waals surface area (Å²) in [4.78, 5) is 0. The van der Waals surface area contributed by atoms with E-state index in [1.807, 2.05) is 18.2 Å². The van der Waals surface area contributed by atoms with Crippen molar-refractivity contribution < 1.29 is 4.42 Å². The molecule has 90 valence electrons. The molecule has 1 atom stereocenters. The lowest BCUT2D eigenvalue weighted by Crippen LogP contribution is -2.36. The zero-order valence-corrected chi connectivity index (χ0v) is 10.2. The van der Waals surface area contributed by atoms with Gasteiger partial charge in [0.2, 0.25) is 0 Å². The fraction of sp³-hybridized carbons (Fsp3) is 0.333. The summed E-state index contributed by atoms with van der Waals surface area (Å²) in [5, 5.41) is 0. The molecule has 1 unspecified atom stereocenters. The fourth-order valence-electron chi connectivity index (χ4n) is 2.30. The topological polar surface area (TPSA) is 39.2 Å². The van der Waals surface area contributed by atoms with E-state index in [0.29, 0.717) is 6.54 Å². The van der Waals surface area contributed by atoms with Crippen LogP contribution in [-0.4, -0.2) is 6.54 Å². The van der Waals surface area contributed by atoms with Crippen molar-refractivity contribution in [2.24, 2.45) is 5.73 Å². The largest absolute Gasteiger partial charge is 0.469 e. The second kappa shape index (κ2) is 5.19. The predicted molar refractivity (Wildman–Crippen MR) is 69.9 cm³/mol. The molecule has 0 spiro atoms. The van der Waals surface area contributed by atoms with Gasteiger partial charge in [-0.1, -0.05) is 37.3 Å². The van der Waals surface area contributed by atoms with Gasteiger partial charge in [-0.3, -0.25) is 0 Å². The van der Waals surface area contributed by atoms with Gasteiger partial charge in [0.25, 0.3) is 0 Å². The average Bonchev–Trinajstić information content (AvgIpc) is 2.90. The summed E-state index contributed by atoms with van der Waals surface area (Å²) >= 11 is 0. The van der Waals surface area contributed by atoms with E-state index in [4.69, 9.17) is 10.2 Å². The van der Waals surface area contributed by atoms with Crippen LogP contribution in [0.3, 0.4) is 0 Å². The third kappa shape index (κ3) is 2.42. The van der Waals surface area contributed by atoms with E-state index >= 15 is 0 Å². The van der Waals surface area contributed by atoms with Gasteiger partial charge in [0.15, 0.2) is 0 Å². The van der Waals surface area contributed by atoms with Crippen LogP contribution in [-0.2, 0) is 11.8 Å². The Morgan fingerprint density at radius 3 is 2.41 bits per heavy atom. The Hall–Kier alpha value is -1.54. The lowest BCUT2D eigenvalue weighted by atomic mass is 9.75. The lowest BCUT2D eigenvalue weighted by molar-refractivity contribution is 0.373. The Morgan fingerprint density at radius 2 is 1.88 bits per heavy atom. The third-order valence-corrected chi connectivity index (χ3v) is 3.55. The molecule has 2 heteroatoms. The lowest BCUT2D eigenvalue weighted by Gasteiger charge is -2.31. The quantitative estimate of drug-likeness (QED) is 0.855. The molecule has 0 fully saturated rings. The Bertz CT molecular complexity index is 429. The first-order chi connectivity index (χ1) is 8.30. The summed E-state index contributed by atoms with van der Waals surface area (Å²) in [6.45, 7) is 2.82. The molecule has 2 N–H and O–H groups in total. The van der Waals surface area contributed by atoms with Crippen molar-refractivity contribution in [3.05, 3.63) is 60.1 Å². The SMILES string of the molecule is CCC(CN)(Cc1ccco1)c1ccccc1. The van der Waals surface area contributed by atoms with Gasteiger partial charge in [0.05, 0.1) is 6.26 Å². The number of nitrogens with two attached hydrogens (primary N) is 1. The standard InChI is InChI=1S/C15H19NO/c1-2-15(12-16,11-14-9-6-10-17-14)13-7-4-3-5-8-13/h3-10H,2,11-12,16H2,1H3. The van der Waals surface area contributed by atoms with Gasteiger partial charge in [-0.2, -0.15) is 0 Å². The van der Waals surface area contributed by atoms with Crippen LogP contribution in [0.2, 0.25) is 0 Å². The van der Waals surface area contributed by atoms with Crippen LogP contribution in [0.5, 0.6) is 0 Å². The molecule has 2 rings (SSSR count). The molecule has 0 amide bonds. The van der Waals surface area contributed by atoms with Gasteiger partial charge >= 0.3 is 0 Å². The van der Waals surface area contributed by atoms with Crippen LogP contribution in [0.1, 0.15) is 24.7 Å². The van der Waals surface area contributed by atoms with Crippen molar-refractivity contribution in [3.63, 3.8) is 0 Å². The molecule has 1 aromatic carbocycles. The summed E-state index contributed by atoms with van der Waals surface area (Å²) in [6, 6.07) is 14.4. The summed E-state index contributed by atoms with van der Waals surface area (Å²) in [6.07, 6.45) is 3.59. The number of furan rings is 1. The van der Waals surface area contributed by atoms with Gasteiger partial charge in [0, 0.05) is 18.4 Å². The number of benzene rings is 1. The zero-order chi connectivity index (χ0) is 12.1. The molecule has 1 heterocycles. The minimum atomic E-state index is -0.0148. The van der Waals surface area contributed by atoms with Crippen molar-refractivity contribution in [2.75, 3.05) is 6.54 Å². The first-order valence-corrected chi connectivity index (χ1v) is 6.09. The number of hydrogen-bond acceptors (Lipinski definition) is 2. The van der Waals surface area contributed by atoms with E-state index in [9.17, 15) is 0 Å². The van der Waals surface area contributed by atoms with Crippen LogP contribution >= 0.6 is 0 Å². The Labute approximate surface area is 102 Å². The maximum Gasteiger partial charge on any atom is 0.104 e. The van der Waals surface area contributed by atoms with Crippen LogP contribution in [0.15, 0.2) is 53.1 Å². The highest BCUT2D eigenvalue weighted by molar-refractivity contribution is 5.27. The maximum absolute atomic E-state index is 6.03. The summed E-state index contributed by atoms with van der Waals surface area (Å²) in [7, 11) is 0. The molecule has 0 saturated carbocycles. The smallest absolute Gasteiger partial charge is 0.104 e. The molecule has 2 aromatic rings. The number of hydrogen-bond donors (Lipinski definition) is 1. The molecule has 2 nitrogen and oxygen atoms in total. The summed E-state index contributed by atoms with van der Waals surface area (Å²) < 4.78 is 5.46. The highest BCUT2D eigenvalue weighted by Gasteiger charge is 2.29. The van der Waals surface area contributed by atoms with Crippen molar-refractivity contribution in [1.29, 1.82) is 0 Å². The second-order valence-electron chi connectivity index (χ2n) is 4.46. The molecule has 0 radical (unpaired) electrons. The maximum atomic E-state index is 6.03. The van der Waals surface area contributed by atoms with Crippen molar-refractivity contribution in [2.45, 2.75) is 25.2 Å². The van der Waals surface area contributed by atoms with Crippen LogP contribution in [0.4, 0.5) is 0 Å². The average molecular weight is 229 g/mol. The monoisotopic (exact) mass is 229 g/mol. The second-order valence-corrected chi connectivity index (χ2v) is 4.46. The number of rotatable bonds is 5. The van der Waals surface area contributed by atoms with E-state index in [1.54, 1.807) is 6.26 Å². The fourth-order valence-corrected chi connectivity index (χ4v) is 2.30. The molecule has 0 saturated heterocycles. The first-order valence-electron chi connectivity index (χ1n) is 6.09. The van der Waals surface area contributed by atoms with Gasteiger partial charge in [0.1, 0.15) is 5.76 Å². The van der Waals surface area contributed by atoms with Gasteiger partial charge in [-0.15, -0.1) is 0 Å². The molecular weight excluding hydrogens is 210 g/mol. The van der Waals surface area contributed by atoms with E-state index in [0.717, 1.165) is 18.6 Å². The van der Waals surface area contributed by atoms with Crippen molar-refractivity contribution in [3.8, 4) is 0 Å². The van der Waals surface area contributed by atoms with E-state index in [-0.39, 0.29) is 5.41 Å². The van der Waals surface area contributed by atoms with Gasteiger partial charge in [-0.25, -0.2) is 0 Å². The van der Waals surface area contributed by atoms with Crippen molar-refractivity contribution in [1.82, 2.24) is 0 Å². The Balaban J connectivity index is 2.32. The van der Waals surface area contributed by atoms with Crippen LogP contribution in [0.25, 0.3) is 0 Å². The van der Waals surface area contributed by atoms with E-state index < -0.39 is 0 Å². The third-order valence-electron chi connectivity index (χ3n) is 3.55. The van der Waals surface area contributed by atoms with Gasteiger partial charge < -0.3 is 10.2 Å². The highest BCUT2D eigenvalue weighted by atomic mass is 16.3. The molecule has 0 aliphatic carbocycles. The Kier molecular flexibility index (Phi) is 3.64. The molecule has 0 bridgehead atoms. The Morgan fingerprint density at radius 1 is 1.12 bits per heavy atom. The van der Waals surface area contributed by atoms with Crippen LogP contribution in [0, 0.1) is 0 Å². The highest BCUT2D eigenvalue weighted by Crippen LogP contribution is 2.31. The molecule has 0 aliphatic heterocycles. The van der Waals surface area contributed by atoms with Gasteiger partial charge in [-0.05, 0) is 24.1 Å². The molecule has 0 aliphatic rings. The zero-order valence-electron chi connectivity index (χ0n) is 10.2. The normalized spacial score (nSPS) is 14.5. The minimum absolute atomic E-state index is 0.0148. The summed E-state index contributed by atoms with van der Waals surface area (Å²) in [5.41, 5.74) is 7.30. The summed E-state index contributed by atoms with van der Waals surface area (Å²) in [5.74, 6) is 1.00. The van der Waals surface area contributed by atoms with Crippen molar-refractivity contribution >= 4 is 0 Å².